The van der Waals surface area contributed by atoms with E-state index < -0.39 is 0 Å². The van der Waals surface area contributed by atoms with E-state index in [0.717, 1.165) is 30.8 Å². The Morgan fingerprint density at radius 2 is 2.20 bits per heavy atom. The van der Waals surface area contributed by atoms with Crippen molar-refractivity contribution in [2.24, 2.45) is 0 Å². The molecule has 3 rings (SSSR count). The summed E-state index contributed by atoms with van der Waals surface area (Å²) in [5, 5.41) is 10.5. The van der Waals surface area contributed by atoms with Crippen LogP contribution in [0.1, 0.15) is 28.4 Å². The van der Waals surface area contributed by atoms with Gasteiger partial charge in [0.1, 0.15) is 0 Å². The van der Waals surface area contributed by atoms with E-state index in [-0.39, 0.29) is 5.91 Å². The molecular formula is C15H18N4O. The Hall–Kier alpha value is -2.14. The van der Waals surface area contributed by atoms with Crippen LogP contribution in [0.25, 0.3) is 0 Å². The molecule has 1 amide bonds. The van der Waals surface area contributed by atoms with E-state index in [1.165, 1.54) is 0 Å². The van der Waals surface area contributed by atoms with Crippen LogP contribution in [-0.2, 0) is 0 Å². The topological polar surface area (TPSA) is 59.0 Å². The van der Waals surface area contributed by atoms with E-state index in [2.05, 4.69) is 15.7 Å². The molecule has 0 radical (unpaired) electrons. The van der Waals surface area contributed by atoms with Gasteiger partial charge in [0.05, 0.1) is 17.9 Å². The first-order valence-corrected chi connectivity index (χ1v) is 6.85. The molecule has 0 saturated carbocycles. The third-order valence-corrected chi connectivity index (χ3v) is 3.58. The van der Waals surface area contributed by atoms with Crippen molar-refractivity contribution in [2.75, 3.05) is 18.4 Å². The molecule has 104 valence electrons. The molecule has 1 aliphatic rings. The van der Waals surface area contributed by atoms with Crippen molar-refractivity contribution in [3.05, 3.63) is 47.8 Å². The monoisotopic (exact) mass is 270 g/mol. The number of amides is 1. The molecule has 0 aliphatic carbocycles. The zero-order valence-electron chi connectivity index (χ0n) is 11.5. The molecule has 2 aromatic rings. The molecule has 1 saturated heterocycles. The van der Waals surface area contributed by atoms with Gasteiger partial charge in [0, 0.05) is 18.3 Å². The van der Waals surface area contributed by atoms with Crippen molar-refractivity contribution < 1.29 is 4.79 Å². The summed E-state index contributed by atoms with van der Waals surface area (Å²) >= 11 is 0. The number of benzene rings is 1. The van der Waals surface area contributed by atoms with Crippen molar-refractivity contribution in [1.82, 2.24) is 15.1 Å². The third kappa shape index (κ3) is 2.72. The second-order valence-corrected chi connectivity index (χ2v) is 5.18. The number of aromatic nitrogens is 2. The molecule has 2 heterocycles. The van der Waals surface area contributed by atoms with Gasteiger partial charge in [0.2, 0.25) is 0 Å². The lowest BCUT2D eigenvalue weighted by atomic mass is 10.1. The normalized spacial score (nSPS) is 18.1. The van der Waals surface area contributed by atoms with Gasteiger partial charge >= 0.3 is 0 Å². The van der Waals surface area contributed by atoms with Gasteiger partial charge in [-0.2, -0.15) is 5.10 Å². The summed E-state index contributed by atoms with van der Waals surface area (Å²) in [7, 11) is 0. The maximum Gasteiger partial charge on any atom is 0.255 e. The van der Waals surface area contributed by atoms with E-state index in [0.29, 0.717) is 11.6 Å². The summed E-state index contributed by atoms with van der Waals surface area (Å²) in [6.07, 6.45) is 4.67. The summed E-state index contributed by atoms with van der Waals surface area (Å²) in [5.41, 5.74) is 2.54. The fourth-order valence-corrected chi connectivity index (χ4v) is 2.38. The molecule has 1 unspecified atom stereocenters. The molecule has 0 spiro atoms. The highest BCUT2D eigenvalue weighted by molar-refractivity contribution is 6.04. The van der Waals surface area contributed by atoms with E-state index in [1.54, 1.807) is 6.20 Å². The van der Waals surface area contributed by atoms with Crippen LogP contribution in [-0.4, -0.2) is 28.8 Å². The number of aryl methyl sites for hydroxylation is 1. The predicted molar refractivity (Wildman–Crippen MR) is 77.9 cm³/mol. The van der Waals surface area contributed by atoms with Crippen LogP contribution >= 0.6 is 0 Å². The Bertz CT molecular complexity index is 597. The molecule has 1 atom stereocenters. The van der Waals surface area contributed by atoms with E-state index in [4.69, 9.17) is 0 Å². The maximum atomic E-state index is 12.1. The Balaban J connectivity index is 1.68. The number of carbonyl (C=O) groups excluding carboxylic acids is 1. The standard InChI is InChI=1S/C15H18N4O/c1-11-2-4-12(5-3-11)15(20)18-13-8-17-19(10-13)14-6-7-16-9-14/h2-5,8,10,14,16H,6-7,9H2,1H3,(H,18,20). The molecule has 5 heteroatoms. The number of nitrogens with zero attached hydrogens (tertiary/aromatic N) is 2. The molecule has 2 N–H and O–H groups in total. The van der Waals surface area contributed by atoms with Crippen LogP contribution in [0, 0.1) is 6.92 Å². The number of hydrogen-bond donors (Lipinski definition) is 2. The van der Waals surface area contributed by atoms with Crippen LogP contribution in [0.2, 0.25) is 0 Å². The highest BCUT2D eigenvalue weighted by atomic mass is 16.1. The summed E-state index contributed by atoms with van der Waals surface area (Å²) < 4.78 is 1.92. The molecule has 1 aliphatic heterocycles. The van der Waals surface area contributed by atoms with Crippen LogP contribution in [0.3, 0.4) is 0 Å². The molecule has 5 nitrogen and oxygen atoms in total. The van der Waals surface area contributed by atoms with Crippen LogP contribution in [0.15, 0.2) is 36.7 Å². The zero-order chi connectivity index (χ0) is 13.9. The van der Waals surface area contributed by atoms with Crippen molar-refractivity contribution in [3.63, 3.8) is 0 Å². The largest absolute Gasteiger partial charge is 0.319 e. The van der Waals surface area contributed by atoms with Crippen LogP contribution in [0.4, 0.5) is 5.69 Å². The van der Waals surface area contributed by atoms with Gasteiger partial charge in [0.15, 0.2) is 0 Å². The number of nitrogens with one attached hydrogen (secondary N) is 2. The smallest absolute Gasteiger partial charge is 0.255 e. The van der Waals surface area contributed by atoms with Gasteiger partial charge in [0.25, 0.3) is 5.91 Å². The lowest BCUT2D eigenvalue weighted by Crippen LogP contribution is -2.14. The van der Waals surface area contributed by atoms with Crippen molar-refractivity contribution in [2.45, 2.75) is 19.4 Å². The van der Waals surface area contributed by atoms with Gasteiger partial charge in [-0.3, -0.25) is 9.48 Å². The first kappa shape index (κ1) is 12.9. The molecule has 20 heavy (non-hydrogen) atoms. The Labute approximate surface area is 118 Å². The quantitative estimate of drug-likeness (QED) is 0.896. The molecule has 1 fully saturated rings. The molecule has 1 aromatic carbocycles. The Morgan fingerprint density at radius 1 is 1.40 bits per heavy atom. The van der Waals surface area contributed by atoms with E-state index in [1.807, 2.05) is 42.1 Å². The van der Waals surface area contributed by atoms with Crippen molar-refractivity contribution >= 4 is 11.6 Å². The highest BCUT2D eigenvalue weighted by Crippen LogP contribution is 2.17. The molecular weight excluding hydrogens is 252 g/mol. The number of anilines is 1. The van der Waals surface area contributed by atoms with E-state index >= 15 is 0 Å². The first-order chi connectivity index (χ1) is 9.72. The van der Waals surface area contributed by atoms with Crippen LogP contribution < -0.4 is 10.6 Å². The van der Waals surface area contributed by atoms with Crippen LogP contribution in [0.5, 0.6) is 0 Å². The van der Waals surface area contributed by atoms with E-state index in [9.17, 15) is 4.79 Å². The van der Waals surface area contributed by atoms with Gasteiger partial charge in [-0.05, 0) is 32.0 Å². The summed E-state index contributed by atoms with van der Waals surface area (Å²) in [4.78, 5) is 12.1. The number of carbonyl (C=O) groups is 1. The van der Waals surface area contributed by atoms with Gasteiger partial charge in [-0.25, -0.2) is 0 Å². The Morgan fingerprint density at radius 3 is 2.90 bits per heavy atom. The molecule has 0 bridgehead atoms. The summed E-state index contributed by atoms with van der Waals surface area (Å²) in [6, 6.07) is 7.91. The fraction of sp³-hybridized carbons (Fsp3) is 0.333. The minimum absolute atomic E-state index is 0.103. The lowest BCUT2D eigenvalue weighted by Gasteiger charge is -2.07. The second-order valence-electron chi connectivity index (χ2n) is 5.18. The number of hydrogen-bond acceptors (Lipinski definition) is 3. The van der Waals surface area contributed by atoms with Crippen molar-refractivity contribution in [1.29, 1.82) is 0 Å². The average Bonchev–Trinajstić information content (AvgIpc) is 3.09. The summed E-state index contributed by atoms with van der Waals surface area (Å²) in [6.45, 7) is 3.96. The van der Waals surface area contributed by atoms with Crippen molar-refractivity contribution in [3.8, 4) is 0 Å². The zero-order valence-corrected chi connectivity index (χ0v) is 11.5. The Kier molecular flexibility index (Phi) is 3.52. The minimum Gasteiger partial charge on any atom is -0.319 e. The third-order valence-electron chi connectivity index (χ3n) is 3.58. The lowest BCUT2D eigenvalue weighted by molar-refractivity contribution is 0.102. The maximum absolute atomic E-state index is 12.1. The average molecular weight is 270 g/mol. The minimum atomic E-state index is -0.103. The van der Waals surface area contributed by atoms with Gasteiger partial charge < -0.3 is 10.6 Å². The number of rotatable bonds is 3. The summed E-state index contributed by atoms with van der Waals surface area (Å²) in [5.74, 6) is -0.103. The first-order valence-electron chi connectivity index (χ1n) is 6.85. The SMILES string of the molecule is Cc1ccc(C(=O)Nc2cnn(C3CCNC3)c2)cc1. The van der Waals surface area contributed by atoms with Gasteiger partial charge in [-0.15, -0.1) is 0 Å². The predicted octanol–water partition coefficient (Wildman–Crippen LogP) is 1.98. The second kappa shape index (κ2) is 5.46. The highest BCUT2D eigenvalue weighted by Gasteiger charge is 2.17. The fourth-order valence-electron chi connectivity index (χ4n) is 2.38. The van der Waals surface area contributed by atoms with Gasteiger partial charge in [-0.1, -0.05) is 17.7 Å². The molecule has 1 aromatic heterocycles.